The third-order valence-electron chi connectivity index (χ3n) is 6.38. The van der Waals surface area contributed by atoms with E-state index < -0.39 is 0 Å². The quantitative estimate of drug-likeness (QED) is 0.262. The third kappa shape index (κ3) is 3.65. The molecule has 2 heterocycles. The summed E-state index contributed by atoms with van der Waals surface area (Å²) < 4.78 is 12.2. The Balaban J connectivity index is 1.19. The highest BCUT2D eigenvalue weighted by Crippen LogP contribution is 2.32. The van der Waals surface area contributed by atoms with Crippen LogP contribution in [-0.4, -0.2) is 9.97 Å². The van der Waals surface area contributed by atoms with Crippen molar-refractivity contribution in [1.82, 2.24) is 9.97 Å². The molecule has 0 aliphatic rings. The Kier molecular flexibility index (Phi) is 4.74. The molecule has 0 aliphatic carbocycles. The molecule has 5 aromatic carbocycles. The third-order valence-corrected chi connectivity index (χ3v) is 6.38. The lowest BCUT2D eigenvalue weighted by Gasteiger charge is -2.02. The number of fused-ring (bicyclic) bond motifs is 2. The molecule has 7 aromatic rings. The largest absolute Gasteiger partial charge is 0.436 e. The highest BCUT2D eigenvalue weighted by atomic mass is 16.4. The highest BCUT2D eigenvalue weighted by Gasteiger charge is 2.14. The molecule has 0 bridgehead atoms. The Morgan fingerprint density at radius 1 is 0.361 bits per heavy atom. The van der Waals surface area contributed by atoms with Gasteiger partial charge in [-0.3, -0.25) is 0 Å². The second-order valence-corrected chi connectivity index (χ2v) is 8.71. The molecule has 0 N–H and O–H groups in total. The van der Waals surface area contributed by atoms with Crippen LogP contribution in [0.2, 0.25) is 0 Å². The van der Waals surface area contributed by atoms with Gasteiger partial charge in [-0.05, 0) is 46.5 Å². The van der Waals surface area contributed by atoms with Gasteiger partial charge in [-0.2, -0.15) is 0 Å². The Hall–Kier alpha value is -4.96. The number of aromatic nitrogens is 2. The first kappa shape index (κ1) is 20.4. The van der Waals surface area contributed by atoms with Gasteiger partial charge in [-0.25, -0.2) is 9.97 Å². The molecule has 0 spiro atoms. The van der Waals surface area contributed by atoms with E-state index in [-0.39, 0.29) is 0 Å². The van der Waals surface area contributed by atoms with Crippen LogP contribution in [0.1, 0.15) is 0 Å². The molecule has 0 fully saturated rings. The predicted octanol–water partition coefficient (Wildman–Crippen LogP) is 8.64. The minimum atomic E-state index is 0.578. The fourth-order valence-corrected chi connectivity index (χ4v) is 4.47. The van der Waals surface area contributed by atoms with Crippen LogP contribution in [0.3, 0.4) is 0 Å². The molecule has 0 amide bonds. The van der Waals surface area contributed by atoms with E-state index in [9.17, 15) is 0 Å². The van der Waals surface area contributed by atoms with Gasteiger partial charge in [-0.1, -0.05) is 84.9 Å². The van der Waals surface area contributed by atoms with E-state index in [0.29, 0.717) is 22.9 Å². The lowest BCUT2D eigenvalue weighted by Crippen LogP contribution is -1.80. The fraction of sp³-hybridized carbons (Fsp3) is 0. The van der Waals surface area contributed by atoms with Crippen molar-refractivity contribution >= 4 is 22.2 Å². The summed E-state index contributed by atoms with van der Waals surface area (Å²) in [5, 5.41) is 0. The summed E-state index contributed by atoms with van der Waals surface area (Å²) in [6.45, 7) is 0. The van der Waals surface area contributed by atoms with Gasteiger partial charge in [0.05, 0.1) is 0 Å². The molecule has 0 atom stereocenters. The molecule has 4 heteroatoms. The summed E-state index contributed by atoms with van der Waals surface area (Å²) in [5.74, 6) is 1.16. The smallest absolute Gasteiger partial charge is 0.227 e. The highest BCUT2D eigenvalue weighted by molar-refractivity contribution is 5.91. The van der Waals surface area contributed by atoms with Crippen molar-refractivity contribution in [3.63, 3.8) is 0 Å². The van der Waals surface area contributed by atoms with Gasteiger partial charge in [0.2, 0.25) is 11.8 Å². The minimum absolute atomic E-state index is 0.578. The first-order chi connectivity index (χ1) is 17.8. The fourth-order valence-electron chi connectivity index (χ4n) is 4.47. The first-order valence-corrected chi connectivity index (χ1v) is 11.8. The number of benzene rings is 5. The molecule has 2 aromatic heterocycles. The van der Waals surface area contributed by atoms with Crippen LogP contribution < -0.4 is 0 Å². The molecule has 7 rings (SSSR count). The van der Waals surface area contributed by atoms with Crippen molar-refractivity contribution in [2.24, 2.45) is 0 Å². The Morgan fingerprint density at radius 2 is 0.694 bits per heavy atom. The standard InChI is InChI=1S/C32H20N2O2/c1-3-7-21(8-4-1)23-11-15-25(16-12-23)31-33-27-19-30-28(20-29(27)35-31)34-32(36-30)26-17-13-24(14-18-26)22-9-5-2-6-10-22/h1-20H. The Bertz CT molecular complexity index is 1610. The lowest BCUT2D eigenvalue weighted by atomic mass is 10.0. The second kappa shape index (κ2) is 8.36. The summed E-state index contributed by atoms with van der Waals surface area (Å²) in [6, 6.07) is 40.9. The number of hydrogen-bond acceptors (Lipinski definition) is 4. The normalized spacial score (nSPS) is 11.3. The Labute approximate surface area is 207 Å². The summed E-state index contributed by atoms with van der Waals surface area (Å²) in [7, 11) is 0. The summed E-state index contributed by atoms with van der Waals surface area (Å²) in [6.07, 6.45) is 0. The summed E-state index contributed by atoms with van der Waals surface area (Å²) in [5.41, 5.74) is 9.37. The van der Waals surface area contributed by atoms with Gasteiger partial charge in [0.25, 0.3) is 0 Å². The van der Waals surface area contributed by atoms with E-state index in [1.54, 1.807) is 0 Å². The molecule has 0 aliphatic heterocycles. The molecule has 0 saturated heterocycles. The second-order valence-electron chi connectivity index (χ2n) is 8.71. The van der Waals surface area contributed by atoms with Gasteiger partial charge >= 0.3 is 0 Å². The maximum atomic E-state index is 6.09. The average Bonchev–Trinajstić information content (AvgIpc) is 3.56. The zero-order chi connectivity index (χ0) is 23.9. The van der Waals surface area contributed by atoms with Gasteiger partial charge in [0.15, 0.2) is 11.2 Å². The van der Waals surface area contributed by atoms with Gasteiger partial charge < -0.3 is 8.83 Å². The van der Waals surface area contributed by atoms with Crippen LogP contribution in [0.15, 0.2) is 130 Å². The monoisotopic (exact) mass is 464 g/mol. The van der Waals surface area contributed by atoms with Crippen LogP contribution >= 0.6 is 0 Å². The topological polar surface area (TPSA) is 52.1 Å². The molecule has 0 radical (unpaired) electrons. The Morgan fingerprint density at radius 3 is 1.08 bits per heavy atom. The zero-order valence-corrected chi connectivity index (χ0v) is 19.3. The van der Waals surface area contributed by atoms with Crippen LogP contribution in [0, 0.1) is 0 Å². The first-order valence-electron chi connectivity index (χ1n) is 11.8. The minimum Gasteiger partial charge on any atom is -0.436 e. The maximum Gasteiger partial charge on any atom is 0.227 e. The van der Waals surface area contributed by atoms with E-state index >= 15 is 0 Å². The molecular weight excluding hydrogens is 444 g/mol. The van der Waals surface area contributed by atoms with Crippen molar-refractivity contribution in [3.8, 4) is 45.2 Å². The summed E-state index contributed by atoms with van der Waals surface area (Å²) in [4.78, 5) is 9.42. The maximum absolute atomic E-state index is 6.09. The molecular formula is C32H20N2O2. The predicted molar refractivity (Wildman–Crippen MR) is 143 cm³/mol. The lowest BCUT2D eigenvalue weighted by molar-refractivity contribution is 0.618. The SMILES string of the molecule is c1ccc(-c2ccc(-c3nc4cc5oc(-c6ccc(-c7ccccc7)cc6)nc5cc4o3)cc2)cc1. The number of oxazole rings is 2. The molecule has 0 unspecified atom stereocenters. The van der Waals surface area contributed by atoms with Crippen molar-refractivity contribution in [3.05, 3.63) is 121 Å². The summed E-state index contributed by atoms with van der Waals surface area (Å²) >= 11 is 0. The van der Waals surface area contributed by atoms with Crippen molar-refractivity contribution in [2.75, 3.05) is 0 Å². The molecule has 4 nitrogen and oxygen atoms in total. The van der Waals surface area contributed by atoms with Crippen molar-refractivity contribution < 1.29 is 8.83 Å². The van der Waals surface area contributed by atoms with E-state index in [1.165, 1.54) is 11.1 Å². The van der Waals surface area contributed by atoms with Crippen LogP contribution in [0.5, 0.6) is 0 Å². The van der Waals surface area contributed by atoms with Gasteiger partial charge in [-0.15, -0.1) is 0 Å². The molecule has 170 valence electrons. The van der Waals surface area contributed by atoms with Crippen LogP contribution in [0.25, 0.3) is 67.4 Å². The number of hydrogen-bond donors (Lipinski definition) is 0. The van der Waals surface area contributed by atoms with E-state index in [0.717, 1.165) is 33.3 Å². The van der Waals surface area contributed by atoms with Gasteiger partial charge in [0.1, 0.15) is 11.0 Å². The van der Waals surface area contributed by atoms with Crippen molar-refractivity contribution in [2.45, 2.75) is 0 Å². The van der Waals surface area contributed by atoms with E-state index in [1.807, 2.05) is 72.8 Å². The number of nitrogens with zero attached hydrogens (tertiary/aromatic N) is 2. The van der Waals surface area contributed by atoms with E-state index in [4.69, 9.17) is 18.8 Å². The van der Waals surface area contributed by atoms with E-state index in [2.05, 4.69) is 48.5 Å². The van der Waals surface area contributed by atoms with Gasteiger partial charge in [0, 0.05) is 23.3 Å². The van der Waals surface area contributed by atoms with Crippen molar-refractivity contribution in [1.29, 1.82) is 0 Å². The molecule has 0 saturated carbocycles. The van der Waals surface area contributed by atoms with Crippen LogP contribution in [-0.2, 0) is 0 Å². The average molecular weight is 465 g/mol. The van der Waals surface area contributed by atoms with Crippen LogP contribution in [0.4, 0.5) is 0 Å². The zero-order valence-electron chi connectivity index (χ0n) is 19.3. The molecule has 36 heavy (non-hydrogen) atoms. The number of rotatable bonds is 4.